The van der Waals surface area contributed by atoms with Crippen LogP contribution in [-0.2, 0) is 11.0 Å². The molecule has 2 N–H and O–H groups in total. The second-order valence-electron chi connectivity index (χ2n) is 7.42. The van der Waals surface area contributed by atoms with Gasteiger partial charge < -0.3 is 19.9 Å². The Morgan fingerprint density at radius 1 is 1.17 bits per heavy atom. The van der Waals surface area contributed by atoms with Crippen LogP contribution < -0.4 is 20.9 Å². The summed E-state index contributed by atoms with van der Waals surface area (Å²) < 4.78 is 7.28. The number of carbonyl (C=O) groups excluding carboxylic acids is 1. The number of alkyl halides is 1. The summed E-state index contributed by atoms with van der Waals surface area (Å²) in [5.41, 5.74) is 1.56. The van der Waals surface area contributed by atoms with Gasteiger partial charge in [-0.15, -0.1) is 11.8 Å². The van der Waals surface area contributed by atoms with Crippen molar-refractivity contribution in [3.63, 3.8) is 0 Å². The average molecular weight is 606 g/mol. The van der Waals surface area contributed by atoms with Crippen molar-refractivity contribution >= 4 is 46.0 Å². The van der Waals surface area contributed by atoms with Gasteiger partial charge in [0.15, 0.2) is 0 Å². The SMILES string of the molecule is COc1ccnc(NCCC#CCCNC(=O)c2cc(CI)cn(Cc3cccc(Cl)c3)c2=O)n1. The summed E-state index contributed by atoms with van der Waals surface area (Å²) in [6, 6.07) is 10.6. The number of methoxy groups -OCH3 is 1. The normalized spacial score (nSPS) is 10.3. The van der Waals surface area contributed by atoms with Crippen LogP contribution in [0.3, 0.4) is 0 Å². The molecule has 35 heavy (non-hydrogen) atoms. The van der Waals surface area contributed by atoms with Crippen LogP contribution in [0.1, 0.15) is 34.3 Å². The molecule has 0 aliphatic rings. The molecule has 2 aromatic heterocycles. The fourth-order valence-electron chi connectivity index (χ4n) is 3.17. The van der Waals surface area contributed by atoms with Crippen LogP contribution in [-0.4, -0.2) is 40.6 Å². The van der Waals surface area contributed by atoms with Gasteiger partial charge in [0.05, 0.1) is 13.7 Å². The molecule has 0 unspecified atom stereocenters. The van der Waals surface area contributed by atoms with E-state index < -0.39 is 5.91 Å². The Morgan fingerprint density at radius 2 is 1.97 bits per heavy atom. The number of amides is 1. The van der Waals surface area contributed by atoms with Crippen molar-refractivity contribution in [1.29, 1.82) is 0 Å². The van der Waals surface area contributed by atoms with E-state index in [1.807, 2.05) is 18.2 Å². The first-order valence-electron chi connectivity index (χ1n) is 10.9. The first-order valence-corrected chi connectivity index (χ1v) is 12.8. The number of benzene rings is 1. The second-order valence-corrected chi connectivity index (χ2v) is 8.62. The summed E-state index contributed by atoms with van der Waals surface area (Å²) in [6.07, 6.45) is 4.47. The standard InChI is InChI=1S/C25H25ClIN5O3/c1-35-22-9-12-30-25(31-22)29-11-5-3-2-4-10-28-23(33)21-14-19(15-27)17-32(24(21)34)16-18-7-6-8-20(26)13-18/h6-9,12-14,17H,4-5,10-11,15-16H2,1H3,(H,28,33)(H,29,30,31). The first kappa shape index (κ1) is 26.5. The lowest BCUT2D eigenvalue weighted by atomic mass is 10.1. The zero-order valence-corrected chi connectivity index (χ0v) is 22.1. The third-order valence-corrected chi connectivity index (χ3v) is 5.93. The molecule has 0 aliphatic heterocycles. The van der Waals surface area contributed by atoms with Gasteiger partial charge in [0.25, 0.3) is 11.5 Å². The van der Waals surface area contributed by atoms with Gasteiger partial charge in [-0.1, -0.05) is 46.3 Å². The first-order chi connectivity index (χ1) is 17.0. The van der Waals surface area contributed by atoms with Gasteiger partial charge in [-0.25, -0.2) is 4.98 Å². The quantitative estimate of drug-likeness (QED) is 0.157. The fourth-order valence-corrected chi connectivity index (χ4v) is 3.80. The lowest BCUT2D eigenvalue weighted by Gasteiger charge is -2.11. The van der Waals surface area contributed by atoms with E-state index in [0.29, 0.717) is 53.8 Å². The number of ether oxygens (including phenoxy) is 1. The topological polar surface area (TPSA) is 98.1 Å². The molecular weight excluding hydrogens is 581 g/mol. The van der Waals surface area contributed by atoms with E-state index in [9.17, 15) is 9.59 Å². The maximum atomic E-state index is 12.9. The molecule has 0 saturated carbocycles. The van der Waals surface area contributed by atoms with Crippen molar-refractivity contribution in [1.82, 2.24) is 19.9 Å². The van der Waals surface area contributed by atoms with Crippen LogP contribution in [0.2, 0.25) is 5.02 Å². The maximum absolute atomic E-state index is 12.9. The summed E-state index contributed by atoms with van der Waals surface area (Å²) in [7, 11) is 1.55. The highest BCUT2D eigenvalue weighted by molar-refractivity contribution is 14.1. The smallest absolute Gasteiger partial charge is 0.263 e. The molecular formula is C25H25ClIN5O3. The molecule has 0 bridgehead atoms. The third-order valence-electron chi connectivity index (χ3n) is 4.82. The van der Waals surface area contributed by atoms with Crippen LogP contribution >= 0.6 is 34.2 Å². The van der Waals surface area contributed by atoms with E-state index in [1.54, 1.807) is 42.3 Å². The van der Waals surface area contributed by atoms with Crippen LogP contribution in [0.5, 0.6) is 5.88 Å². The number of hydrogen-bond acceptors (Lipinski definition) is 6. The minimum Gasteiger partial charge on any atom is -0.481 e. The molecule has 2 heterocycles. The Hall–Kier alpha value is -3.10. The average Bonchev–Trinajstić information content (AvgIpc) is 2.86. The van der Waals surface area contributed by atoms with Gasteiger partial charge in [-0.3, -0.25) is 9.59 Å². The lowest BCUT2D eigenvalue weighted by Crippen LogP contribution is -2.34. The molecule has 3 rings (SSSR count). The highest BCUT2D eigenvalue weighted by Crippen LogP contribution is 2.13. The second kappa shape index (κ2) is 13.7. The van der Waals surface area contributed by atoms with E-state index in [2.05, 4.69) is 55.0 Å². The predicted octanol–water partition coefficient (Wildman–Crippen LogP) is 3.91. The van der Waals surface area contributed by atoms with E-state index in [-0.39, 0.29) is 11.1 Å². The van der Waals surface area contributed by atoms with Crippen LogP contribution in [0.15, 0.2) is 53.6 Å². The van der Waals surface area contributed by atoms with Gasteiger partial charge >= 0.3 is 0 Å². The summed E-state index contributed by atoms with van der Waals surface area (Å²) in [5.74, 6) is 6.63. The molecule has 0 fully saturated rings. The number of halogens is 2. The van der Waals surface area contributed by atoms with Crippen molar-refractivity contribution in [2.24, 2.45) is 0 Å². The number of anilines is 1. The number of hydrogen-bond donors (Lipinski definition) is 2. The number of rotatable bonds is 10. The molecule has 182 valence electrons. The molecule has 0 aliphatic carbocycles. The Morgan fingerprint density at radius 3 is 2.71 bits per heavy atom. The van der Waals surface area contributed by atoms with E-state index in [4.69, 9.17) is 16.3 Å². The van der Waals surface area contributed by atoms with Crippen molar-refractivity contribution in [3.8, 4) is 17.7 Å². The van der Waals surface area contributed by atoms with Gasteiger partial charge in [0.1, 0.15) is 5.56 Å². The Labute approximate surface area is 222 Å². The summed E-state index contributed by atoms with van der Waals surface area (Å²) in [6.45, 7) is 1.27. The minimum atomic E-state index is -0.403. The number of carbonyl (C=O) groups is 1. The number of nitrogens with zero attached hydrogens (tertiary/aromatic N) is 3. The Kier molecular flexibility index (Phi) is 10.4. The van der Waals surface area contributed by atoms with E-state index in [0.717, 1.165) is 11.1 Å². The highest BCUT2D eigenvalue weighted by Gasteiger charge is 2.14. The monoisotopic (exact) mass is 605 g/mol. The van der Waals surface area contributed by atoms with E-state index in [1.165, 1.54) is 0 Å². The van der Waals surface area contributed by atoms with Crippen molar-refractivity contribution in [2.45, 2.75) is 23.8 Å². The highest BCUT2D eigenvalue weighted by atomic mass is 127. The summed E-state index contributed by atoms with van der Waals surface area (Å²) >= 11 is 8.27. The van der Waals surface area contributed by atoms with Gasteiger partial charge in [-0.05, 0) is 29.3 Å². The van der Waals surface area contributed by atoms with Crippen LogP contribution in [0.25, 0.3) is 0 Å². The van der Waals surface area contributed by atoms with Crippen LogP contribution in [0, 0.1) is 11.8 Å². The van der Waals surface area contributed by atoms with Crippen molar-refractivity contribution < 1.29 is 9.53 Å². The van der Waals surface area contributed by atoms with Crippen molar-refractivity contribution in [3.05, 3.63) is 80.9 Å². The number of aromatic nitrogens is 3. The third kappa shape index (κ3) is 8.26. The molecule has 0 saturated heterocycles. The zero-order chi connectivity index (χ0) is 25.0. The van der Waals surface area contributed by atoms with Crippen LogP contribution in [0.4, 0.5) is 5.95 Å². The minimum absolute atomic E-state index is 0.122. The summed E-state index contributed by atoms with van der Waals surface area (Å²) in [5, 5.41) is 6.47. The maximum Gasteiger partial charge on any atom is 0.263 e. The van der Waals surface area contributed by atoms with E-state index >= 15 is 0 Å². The molecule has 0 spiro atoms. The molecule has 10 heteroatoms. The fraction of sp³-hybridized carbons (Fsp3) is 0.280. The Bertz CT molecular complexity index is 1290. The number of nitrogens with one attached hydrogen (secondary N) is 2. The van der Waals surface area contributed by atoms with Crippen molar-refractivity contribution in [2.75, 3.05) is 25.5 Å². The molecule has 1 amide bonds. The molecule has 3 aromatic rings. The molecule has 8 nitrogen and oxygen atoms in total. The lowest BCUT2D eigenvalue weighted by molar-refractivity contribution is 0.0952. The molecule has 1 aromatic carbocycles. The molecule has 0 radical (unpaired) electrons. The predicted molar refractivity (Wildman–Crippen MR) is 145 cm³/mol. The largest absolute Gasteiger partial charge is 0.481 e. The number of pyridine rings is 1. The Balaban J connectivity index is 1.51. The van der Waals surface area contributed by atoms with Gasteiger partial charge in [0.2, 0.25) is 11.8 Å². The molecule has 0 atom stereocenters. The summed E-state index contributed by atoms with van der Waals surface area (Å²) in [4.78, 5) is 33.9. The zero-order valence-electron chi connectivity index (χ0n) is 19.2. The van der Waals surface area contributed by atoms with Gasteiger partial charge in [0, 0.05) is 53.8 Å². The van der Waals surface area contributed by atoms with Gasteiger partial charge in [-0.2, -0.15) is 4.98 Å².